The Bertz CT molecular complexity index is 618. The van der Waals surface area contributed by atoms with Gasteiger partial charge in [0.25, 0.3) is 0 Å². The lowest BCUT2D eigenvalue weighted by Gasteiger charge is -2.18. The summed E-state index contributed by atoms with van der Waals surface area (Å²) in [4.78, 5) is 0. The average molecular weight is 297 g/mol. The highest BCUT2D eigenvalue weighted by Gasteiger charge is 2.31. The van der Waals surface area contributed by atoms with Crippen molar-refractivity contribution in [2.45, 2.75) is 24.9 Å². The van der Waals surface area contributed by atoms with E-state index >= 15 is 0 Å². The highest BCUT2D eigenvalue weighted by molar-refractivity contribution is 5.54. The van der Waals surface area contributed by atoms with Gasteiger partial charge in [0.2, 0.25) is 11.8 Å². The third-order valence-corrected chi connectivity index (χ3v) is 3.57. The van der Waals surface area contributed by atoms with E-state index in [4.69, 9.17) is 4.42 Å². The number of hydrogen-bond acceptors (Lipinski definition) is 4. The maximum atomic E-state index is 12.7. The molecule has 112 valence electrons. The number of rotatable bonds is 2. The third kappa shape index (κ3) is 3.07. The number of benzene rings is 1. The van der Waals surface area contributed by atoms with Gasteiger partial charge in [-0.15, -0.1) is 10.2 Å². The molecule has 2 aromatic rings. The van der Waals surface area contributed by atoms with Crippen molar-refractivity contribution in [1.29, 1.82) is 0 Å². The van der Waals surface area contributed by atoms with Crippen LogP contribution >= 0.6 is 0 Å². The normalized spacial score (nSPS) is 17.1. The van der Waals surface area contributed by atoms with Crippen LogP contribution in [0.1, 0.15) is 30.2 Å². The van der Waals surface area contributed by atoms with Crippen LogP contribution in [0.4, 0.5) is 13.2 Å². The molecule has 1 saturated heterocycles. The first-order valence-corrected chi connectivity index (χ1v) is 6.76. The quantitative estimate of drug-likeness (QED) is 0.924. The topological polar surface area (TPSA) is 51.0 Å². The van der Waals surface area contributed by atoms with E-state index in [0.29, 0.717) is 5.89 Å². The van der Waals surface area contributed by atoms with Crippen LogP contribution in [0.15, 0.2) is 28.7 Å². The second-order valence-corrected chi connectivity index (χ2v) is 5.05. The Morgan fingerprint density at radius 2 is 1.90 bits per heavy atom. The van der Waals surface area contributed by atoms with Gasteiger partial charge in [-0.1, -0.05) is 6.07 Å². The lowest BCUT2D eigenvalue weighted by atomic mass is 9.98. The fourth-order valence-corrected chi connectivity index (χ4v) is 2.41. The predicted octanol–water partition coefficient (Wildman–Crippen LogP) is 3.22. The lowest BCUT2D eigenvalue weighted by molar-refractivity contribution is -0.137. The smallest absolute Gasteiger partial charge is 0.416 e. The summed E-state index contributed by atoms with van der Waals surface area (Å²) >= 11 is 0. The minimum absolute atomic E-state index is 0.134. The number of alkyl halides is 3. The Balaban J connectivity index is 1.86. The third-order valence-electron chi connectivity index (χ3n) is 3.57. The molecule has 0 saturated carbocycles. The summed E-state index contributed by atoms with van der Waals surface area (Å²) in [6, 6.07) is 4.93. The number of nitrogens with zero attached hydrogens (tertiary/aromatic N) is 2. The first kappa shape index (κ1) is 14.1. The highest BCUT2D eigenvalue weighted by atomic mass is 19.4. The summed E-state index contributed by atoms with van der Waals surface area (Å²) < 4.78 is 43.7. The van der Waals surface area contributed by atoms with Crippen LogP contribution in [0.3, 0.4) is 0 Å². The van der Waals surface area contributed by atoms with Crippen molar-refractivity contribution in [3.63, 3.8) is 0 Å². The van der Waals surface area contributed by atoms with Gasteiger partial charge in [-0.25, -0.2) is 0 Å². The molecular formula is C14H14F3N3O. The van der Waals surface area contributed by atoms with Gasteiger partial charge in [0.15, 0.2) is 0 Å². The van der Waals surface area contributed by atoms with Gasteiger partial charge in [0.05, 0.1) is 5.56 Å². The molecule has 1 aliphatic heterocycles. The van der Waals surface area contributed by atoms with Crippen molar-refractivity contribution in [3.8, 4) is 11.5 Å². The predicted molar refractivity (Wildman–Crippen MR) is 69.6 cm³/mol. The number of hydrogen-bond donors (Lipinski definition) is 1. The van der Waals surface area contributed by atoms with Crippen LogP contribution in [-0.4, -0.2) is 23.3 Å². The summed E-state index contributed by atoms with van der Waals surface area (Å²) in [6.07, 6.45) is -2.59. The van der Waals surface area contributed by atoms with E-state index in [-0.39, 0.29) is 17.4 Å². The zero-order valence-electron chi connectivity index (χ0n) is 11.2. The van der Waals surface area contributed by atoms with Crippen molar-refractivity contribution in [2.75, 3.05) is 13.1 Å². The number of aromatic nitrogens is 2. The molecule has 0 unspecified atom stereocenters. The zero-order chi connectivity index (χ0) is 14.9. The monoisotopic (exact) mass is 297 g/mol. The van der Waals surface area contributed by atoms with Gasteiger partial charge < -0.3 is 9.73 Å². The molecule has 1 N–H and O–H groups in total. The van der Waals surface area contributed by atoms with Gasteiger partial charge in [0, 0.05) is 11.5 Å². The Labute approximate surface area is 119 Å². The molecule has 0 atom stereocenters. The molecule has 1 aliphatic rings. The van der Waals surface area contributed by atoms with E-state index in [1.54, 1.807) is 0 Å². The van der Waals surface area contributed by atoms with Crippen LogP contribution in [0.5, 0.6) is 0 Å². The minimum atomic E-state index is -4.38. The van der Waals surface area contributed by atoms with Crippen molar-refractivity contribution in [2.24, 2.45) is 0 Å². The molecule has 21 heavy (non-hydrogen) atoms. The molecule has 1 aromatic heterocycles. The summed E-state index contributed by atoms with van der Waals surface area (Å²) in [5.74, 6) is 0.817. The fourth-order valence-electron chi connectivity index (χ4n) is 2.41. The SMILES string of the molecule is FC(F)(F)c1cccc(-c2nnc(C3CCNCC3)o2)c1. The molecule has 2 heterocycles. The lowest BCUT2D eigenvalue weighted by Crippen LogP contribution is -2.26. The summed E-state index contributed by atoms with van der Waals surface area (Å²) in [7, 11) is 0. The van der Waals surface area contributed by atoms with Crippen LogP contribution < -0.4 is 5.32 Å². The first-order chi connectivity index (χ1) is 10.0. The van der Waals surface area contributed by atoms with Crippen LogP contribution in [-0.2, 0) is 6.18 Å². The molecule has 4 nitrogen and oxygen atoms in total. The molecular weight excluding hydrogens is 283 g/mol. The number of nitrogens with one attached hydrogen (secondary N) is 1. The van der Waals surface area contributed by atoms with Crippen molar-refractivity contribution in [1.82, 2.24) is 15.5 Å². The molecule has 0 bridgehead atoms. The molecule has 1 aromatic carbocycles. The van der Waals surface area contributed by atoms with E-state index in [9.17, 15) is 13.2 Å². The molecule has 0 spiro atoms. The van der Waals surface area contributed by atoms with Crippen LogP contribution in [0, 0.1) is 0 Å². The summed E-state index contributed by atoms with van der Waals surface area (Å²) in [5, 5.41) is 11.1. The summed E-state index contributed by atoms with van der Waals surface area (Å²) in [6.45, 7) is 1.76. The largest absolute Gasteiger partial charge is 0.420 e. The Kier molecular flexibility index (Phi) is 3.67. The van der Waals surface area contributed by atoms with Gasteiger partial charge >= 0.3 is 6.18 Å². The molecule has 0 amide bonds. The zero-order valence-corrected chi connectivity index (χ0v) is 11.2. The van der Waals surface area contributed by atoms with E-state index in [1.807, 2.05) is 0 Å². The minimum Gasteiger partial charge on any atom is -0.420 e. The molecule has 1 fully saturated rings. The van der Waals surface area contributed by atoms with Gasteiger partial charge in [0.1, 0.15) is 0 Å². The second-order valence-electron chi connectivity index (χ2n) is 5.05. The fraction of sp³-hybridized carbons (Fsp3) is 0.429. The second kappa shape index (κ2) is 5.48. The van der Waals surface area contributed by atoms with Crippen molar-refractivity contribution >= 4 is 0 Å². The molecule has 3 rings (SSSR count). The first-order valence-electron chi connectivity index (χ1n) is 6.76. The Morgan fingerprint density at radius 1 is 1.14 bits per heavy atom. The van der Waals surface area contributed by atoms with Crippen LogP contribution in [0.2, 0.25) is 0 Å². The highest BCUT2D eigenvalue weighted by Crippen LogP contribution is 2.32. The standard InChI is InChI=1S/C14H14F3N3O/c15-14(16,17)11-3-1-2-10(8-11)13-20-19-12(21-13)9-4-6-18-7-5-9/h1-3,8-9,18H,4-7H2. The van der Waals surface area contributed by atoms with Gasteiger partial charge in [-0.3, -0.25) is 0 Å². The number of halogens is 3. The molecule has 0 radical (unpaired) electrons. The van der Waals surface area contributed by atoms with E-state index < -0.39 is 11.7 Å². The Morgan fingerprint density at radius 3 is 2.62 bits per heavy atom. The van der Waals surface area contributed by atoms with Crippen molar-refractivity contribution < 1.29 is 17.6 Å². The number of piperidine rings is 1. The van der Waals surface area contributed by atoms with Gasteiger partial charge in [-0.2, -0.15) is 13.2 Å². The summed E-state index contributed by atoms with van der Waals surface area (Å²) in [5.41, 5.74) is -0.431. The van der Waals surface area contributed by atoms with Gasteiger partial charge in [-0.05, 0) is 44.1 Å². The maximum Gasteiger partial charge on any atom is 0.416 e. The average Bonchev–Trinajstić information content (AvgIpc) is 2.97. The Hall–Kier alpha value is -1.89. The van der Waals surface area contributed by atoms with Crippen LogP contribution in [0.25, 0.3) is 11.5 Å². The molecule has 7 heteroatoms. The molecule has 0 aliphatic carbocycles. The van der Waals surface area contributed by atoms with E-state index in [1.165, 1.54) is 12.1 Å². The maximum absolute atomic E-state index is 12.7. The van der Waals surface area contributed by atoms with Crippen molar-refractivity contribution in [3.05, 3.63) is 35.7 Å². The van der Waals surface area contributed by atoms with E-state index in [0.717, 1.165) is 38.1 Å². The van der Waals surface area contributed by atoms with E-state index in [2.05, 4.69) is 15.5 Å².